The number of aromatic nitrogens is 1. The highest BCUT2D eigenvalue weighted by molar-refractivity contribution is 9.10. The Hall–Kier alpha value is -1.04. The number of carbonyl (C=O) groups excluding carboxylic acids is 1. The molecule has 0 aromatic carbocycles. The standard InChI is InChI=1S/C12H13BrF2N2O/c1-6-9(8(3)18)11(10(13)7(2)16-6)17-4-12(14,15)5-17/h4-5H2,1-3H3. The van der Waals surface area contributed by atoms with Crippen molar-refractivity contribution in [2.24, 2.45) is 0 Å². The number of ketones is 1. The SMILES string of the molecule is CC(=O)c1c(C)nc(C)c(Br)c1N1CC(F)(F)C1. The van der Waals surface area contributed by atoms with E-state index in [0.717, 1.165) is 0 Å². The normalized spacial score (nSPS) is 17.6. The Morgan fingerprint density at radius 3 is 2.33 bits per heavy atom. The molecule has 6 heteroatoms. The van der Waals surface area contributed by atoms with Crippen molar-refractivity contribution in [3.63, 3.8) is 0 Å². The number of carbonyl (C=O) groups is 1. The van der Waals surface area contributed by atoms with Gasteiger partial charge in [-0.15, -0.1) is 0 Å². The van der Waals surface area contributed by atoms with Crippen LogP contribution in [0.2, 0.25) is 0 Å². The number of pyridine rings is 1. The number of hydrogen-bond donors (Lipinski definition) is 0. The summed E-state index contributed by atoms with van der Waals surface area (Å²) in [6.45, 7) is 4.22. The first-order valence-electron chi connectivity index (χ1n) is 5.53. The molecule has 1 aromatic heterocycles. The van der Waals surface area contributed by atoms with Crippen LogP contribution >= 0.6 is 15.9 Å². The molecular formula is C12H13BrF2N2O. The summed E-state index contributed by atoms with van der Waals surface area (Å²) in [4.78, 5) is 17.4. The summed E-state index contributed by atoms with van der Waals surface area (Å²) in [6.07, 6.45) is 0. The third-order valence-corrected chi connectivity index (χ3v) is 3.92. The molecule has 2 heterocycles. The minimum atomic E-state index is -2.67. The van der Waals surface area contributed by atoms with Gasteiger partial charge in [-0.1, -0.05) is 0 Å². The van der Waals surface area contributed by atoms with Crippen LogP contribution in [0.25, 0.3) is 0 Å². The van der Waals surface area contributed by atoms with Crippen molar-refractivity contribution < 1.29 is 13.6 Å². The van der Waals surface area contributed by atoms with Crippen molar-refractivity contribution in [1.29, 1.82) is 0 Å². The zero-order valence-corrected chi connectivity index (χ0v) is 11.9. The second-order valence-electron chi connectivity index (χ2n) is 4.59. The fourth-order valence-electron chi connectivity index (χ4n) is 2.20. The van der Waals surface area contributed by atoms with Crippen LogP contribution in [0.3, 0.4) is 0 Å². The van der Waals surface area contributed by atoms with Crippen LogP contribution in [-0.4, -0.2) is 29.8 Å². The minimum Gasteiger partial charge on any atom is -0.358 e. The van der Waals surface area contributed by atoms with Crippen LogP contribution < -0.4 is 4.90 Å². The monoisotopic (exact) mass is 318 g/mol. The first kappa shape index (κ1) is 13.4. The van der Waals surface area contributed by atoms with Crippen molar-refractivity contribution in [1.82, 2.24) is 4.98 Å². The Labute approximate surface area is 112 Å². The molecule has 0 N–H and O–H groups in total. The molecule has 1 saturated heterocycles. The van der Waals surface area contributed by atoms with Gasteiger partial charge in [0.15, 0.2) is 5.78 Å². The van der Waals surface area contributed by atoms with Crippen LogP contribution in [0, 0.1) is 13.8 Å². The molecule has 3 nitrogen and oxygen atoms in total. The van der Waals surface area contributed by atoms with Gasteiger partial charge in [0.1, 0.15) is 0 Å². The molecule has 2 rings (SSSR count). The smallest absolute Gasteiger partial charge is 0.282 e. The van der Waals surface area contributed by atoms with Gasteiger partial charge < -0.3 is 4.90 Å². The number of hydrogen-bond acceptors (Lipinski definition) is 3. The van der Waals surface area contributed by atoms with E-state index in [1.807, 2.05) is 0 Å². The van der Waals surface area contributed by atoms with Crippen molar-refractivity contribution in [3.05, 3.63) is 21.4 Å². The summed E-state index contributed by atoms with van der Waals surface area (Å²) >= 11 is 3.35. The summed E-state index contributed by atoms with van der Waals surface area (Å²) in [6, 6.07) is 0. The number of Topliss-reactive ketones (excluding diaryl/α,β-unsaturated/α-hetero) is 1. The summed E-state index contributed by atoms with van der Waals surface area (Å²) in [5.41, 5.74) is 2.23. The minimum absolute atomic E-state index is 0.161. The van der Waals surface area contributed by atoms with E-state index in [-0.39, 0.29) is 18.9 Å². The lowest BCUT2D eigenvalue weighted by molar-refractivity contribution is -0.0264. The quantitative estimate of drug-likeness (QED) is 0.785. The summed E-state index contributed by atoms with van der Waals surface area (Å²) in [7, 11) is 0. The van der Waals surface area contributed by atoms with Crippen LogP contribution in [0.15, 0.2) is 4.47 Å². The number of halogens is 3. The van der Waals surface area contributed by atoms with Crippen LogP contribution in [0.4, 0.5) is 14.5 Å². The molecular weight excluding hydrogens is 306 g/mol. The molecule has 18 heavy (non-hydrogen) atoms. The van der Waals surface area contributed by atoms with E-state index in [0.29, 0.717) is 27.1 Å². The van der Waals surface area contributed by atoms with Crippen LogP contribution in [0.1, 0.15) is 28.7 Å². The molecule has 0 unspecified atom stereocenters. The number of anilines is 1. The van der Waals surface area contributed by atoms with Gasteiger partial charge in [-0.2, -0.15) is 0 Å². The lowest BCUT2D eigenvalue weighted by atomic mass is 10.0. The van der Waals surface area contributed by atoms with Gasteiger partial charge in [0.25, 0.3) is 5.92 Å². The maximum absolute atomic E-state index is 13.0. The third-order valence-electron chi connectivity index (χ3n) is 2.97. The molecule has 0 spiro atoms. The van der Waals surface area contributed by atoms with Gasteiger partial charge in [-0.05, 0) is 36.7 Å². The largest absolute Gasteiger partial charge is 0.358 e. The molecule has 0 amide bonds. The lowest BCUT2D eigenvalue weighted by Crippen LogP contribution is -2.57. The summed E-state index contributed by atoms with van der Waals surface area (Å²) in [5, 5.41) is 0. The van der Waals surface area contributed by atoms with Gasteiger partial charge in [0, 0.05) is 0 Å². The first-order valence-corrected chi connectivity index (χ1v) is 6.32. The van der Waals surface area contributed by atoms with Crippen molar-refractivity contribution in [2.75, 3.05) is 18.0 Å². The van der Waals surface area contributed by atoms with E-state index in [2.05, 4.69) is 20.9 Å². The van der Waals surface area contributed by atoms with Crippen LogP contribution in [0.5, 0.6) is 0 Å². The molecule has 1 fully saturated rings. The topological polar surface area (TPSA) is 33.2 Å². The van der Waals surface area contributed by atoms with Gasteiger partial charge in [-0.25, -0.2) is 8.78 Å². The fourth-order valence-corrected chi connectivity index (χ4v) is 2.74. The van der Waals surface area contributed by atoms with Gasteiger partial charge in [-0.3, -0.25) is 9.78 Å². The maximum atomic E-state index is 13.0. The van der Waals surface area contributed by atoms with Gasteiger partial charge >= 0.3 is 0 Å². The molecule has 98 valence electrons. The molecule has 0 radical (unpaired) electrons. The predicted molar refractivity (Wildman–Crippen MR) is 68.6 cm³/mol. The molecule has 0 saturated carbocycles. The van der Waals surface area contributed by atoms with Crippen molar-refractivity contribution in [2.45, 2.75) is 26.7 Å². The van der Waals surface area contributed by atoms with Crippen molar-refractivity contribution in [3.8, 4) is 0 Å². The van der Waals surface area contributed by atoms with E-state index in [1.54, 1.807) is 13.8 Å². The molecule has 1 aliphatic heterocycles. The highest BCUT2D eigenvalue weighted by Gasteiger charge is 2.45. The Bertz CT molecular complexity index is 523. The number of rotatable bonds is 2. The first-order chi connectivity index (χ1) is 8.23. The average Bonchev–Trinajstić information content (AvgIpc) is 2.18. The van der Waals surface area contributed by atoms with E-state index >= 15 is 0 Å². The summed E-state index contributed by atoms with van der Waals surface area (Å²) in [5.74, 6) is -2.83. The predicted octanol–water partition coefficient (Wildman–Crippen LogP) is 3.12. The number of alkyl halides is 2. The molecule has 0 bridgehead atoms. The fraction of sp³-hybridized carbons (Fsp3) is 0.500. The average molecular weight is 319 g/mol. The van der Waals surface area contributed by atoms with E-state index in [4.69, 9.17) is 0 Å². The number of nitrogens with zero attached hydrogens (tertiary/aromatic N) is 2. The maximum Gasteiger partial charge on any atom is 0.282 e. The Morgan fingerprint density at radius 1 is 1.33 bits per heavy atom. The van der Waals surface area contributed by atoms with Gasteiger partial charge in [0.2, 0.25) is 0 Å². The molecule has 0 aliphatic carbocycles. The Kier molecular flexibility index (Phi) is 3.17. The zero-order valence-electron chi connectivity index (χ0n) is 10.4. The van der Waals surface area contributed by atoms with E-state index in [9.17, 15) is 13.6 Å². The third kappa shape index (κ3) is 2.13. The van der Waals surface area contributed by atoms with E-state index < -0.39 is 5.92 Å². The summed E-state index contributed by atoms with van der Waals surface area (Å²) < 4.78 is 26.6. The zero-order chi connectivity index (χ0) is 13.7. The lowest BCUT2D eigenvalue weighted by Gasteiger charge is -2.42. The highest BCUT2D eigenvalue weighted by atomic mass is 79.9. The second-order valence-corrected chi connectivity index (χ2v) is 5.38. The van der Waals surface area contributed by atoms with Crippen molar-refractivity contribution >= 4 is 27.4 Å². The number of aryl methyl sites for hydroxylation is 2. The highest BCUT2D eigenvalue weighted by Crippen LogP contribution is 2.40. The second kappa shape index (κ2) is 4.26. The molecule has 0 atom stereocenters. The molecule has 1 aliphatic rings. The van der Waals surface area contributed by atoms with Crippen LogP contribution in [-0.2, 0) is 0 Å². The van der Waals surface area contributed by atoms with E-state index in [1.165, 1.54) is 11.8 Å². The molecule has 1 aromatic rings. The Morgan fingerprint density at radius 2 is 1.89 bits per heavy atom. The Balaban J connectivity index is 2.54. The van der Waals surface area contributed by atoms with Gasteiger partial charge in [0.05, 0.1) is 40.2 Å².